The van der Waals surface area contributed by atoms with E-state index in [0.29, 0.717) is 11.4 Å². The van der Waals surface area contributed by atoms with Crippen molar-refractivity contribution in [3.63, 3.8) is 0 Å². The zero-order valence-corrected chi connectivity index (χ0v) is 11.3. The summed E-state index contributed by atoms with van der Waals surface area (Å²) in [5.74, 6) is 0.0229. The van der Waals surface area contributed by atoms with E-state index < -0.39 is 0 Å². The average Bonchev–Trinajstić information content (AvgIpc) is 2.72. The summed E-state index contributed by atoms with van der Waals surface area (Å²) < 4.78 is 2.38. The highest BCUT2D eigenvalue weighted by Crippen LogP contribution is 2.29. The SMILES string of the molecule is CC(Br)CNC(=O)c1cc2sccc2s1. The van der Waals surface area contributed by atoms with Gasteiger partial charge in [0.1, 0.15) is 0 Å². The van der Waals surface area contributed by atoms with Gasteiger partial charge < -0.3 is 5.32 Å². The summed E-state index contributed by atoms with van der Waals surface area (Å²) in [6.45, 7) is 2.66. The third-order valence-corrected chi connectivity index (χ3v) is 4.32. The third-order valence-electron chi connectivity index (χ3n) is 1.91. The number of carbonyl (C=O) groups is 1. The zero-order chi connectivity index (χ0) is 10.8. The Labute approximate surface area is 104 Å². The molecule has 0 aliphatic heterocycles. The van der Waals surface area contributed by atoms with Crippen molar-refractivity contribution in [2.45, 2.75) is 11.8 Å². The normalized spacial score (nSPS) is 12.9. The van der Waals surface area contributed by atoms with E-state index in [1.54, 1.807) is 22.7 Å². The van der Waals surface area contributed by atoms with Crippen LogP contribution in [0.15, 0.2) is 17.5 Å². The number of amides is 1. The van der Waals surface area contributed by atoms with Crippen LogP contribution in [0.2, 0.25) is 0 Å². The summed E-state index contributed by atoms with van der Waals surface area (Å²) in [6, 6.07) is 4.01. The number of rotatable bonds is 3. The molecule has 2 aromatic rings. The Balaban J connectivity index is 2.10. The van der Waals surface area contributed by atoms with E-state index in [1.165, 1.54) is 9.40 Å². The minimum Gasteiger partial charge on any atom is -0.350 e. The van der Waals surface area contributed by atoms with Crippen LogP contribution in [-0.4, -0.2) is 17.3 Å². The van der Waals surface area contributed by atoms with Crippen LogP contribution in [0.4, 0.5) is 0 Å². The van der Waals surface area contributed by atoms with Crippen molar-refractivity contribution in [3.8, 4) is 0 Å². The molecule has 0 saturated heterocycles. The first-order chi connectivity index (χ1) is 7.16. The Morgan fingerprint density at radius 1 is 1.60 bits per heavy atom. The van der Waals surface area contributed by atoms with Gasteiger partial charge in [0.15, 0.2) is 0 Å². The Morgan fingerprint density at radius 2 is 2.40 bits per heavy atom. The smallest absolute Gasteiger partial charge is 0.261 e. The maximum absolute atomic E-state index is 11.7. The molecule has 15 heavy (non-hydrogen) atoms. The van der Waals surface area contributed by atoms with Crippen molar-refractivity contribution in [2.24, 2.45) is 0 Å². The van der Waals surface area contributed by atoms with Crippen LogP contribution in [0, 0.1) is 0 Å². The van der Waals surface area contributed by atoms with E-state index >= 15 is 0 Å². The van der Waals surface area contributed by atoms with E-state index in [1.807, 2.05) is 18.4 Å². The lowest BCUT2D eigenvalue weighted by molar-refractivity contribution is 0.0958. The summed E-state index contributed by atoms with van der Waals surface area (Å²) in [5, 5.41) is 4.92. The summed E-state index contributed by atoms with van der Waals surface area (Å²) in [6.07, 6.45) is 0. The fourth-order valence-electron chi connectivity index (χ4n) is 1.20. The number of nitrogens with one attached hydrogen (secondary N) is 1. The highest BCUT2D eigenvalue weighted by molar-refractivity contribution is 9.09. The molecule has 0 spiro atoms. The Bertz CT molecular complexity index is 446. The molecule has 1 unspecified atom stereocenters. The number of fused-ring (bicyclic) bond motifs is 1. The van der Waals surface area contributed by atoms with Crippen molar-refractivity contribution in [2.75, 3.05) is 6.54 Å². The minimum absolute atomic E-state index is 0.0229. The first-order valence-corrected chi connectivity index (χ1v) is 7.17. The molecule has 0 bridgehead atoms. The molecule has 1 amide bonds. The highest BCUT2D eigenvalue weighted by atomic mass is 79.9. The highest BCUT2D eigenvalue weighted by Gasteiger charge is 2.10. The van der Waals surface area contributed by atoms with Crippen molar-refractivity contribution in [1.29, 1.82) is 0 Å². The number of hydrogen-bond donors (Lipinski definition) is 1. The van der Waals surface area contributed by atoms with E-state index in [4.69, 9.17) is 0 Å². The number of halogens is 1. The van der Waals surface area contributed by atoms with Gasteiger partial charge in [0, 0.05) is 20.8 Å². The molecule has 0 aliphatic carbocycles. The summed E-state index contributed by atoms with van der Waals surface area (Å²) >= 11 is 6.61. The van der Waals surface area contributed by atoms with Crippen molar-refractivity contribution >= 4 is 53.9 Å². The van der Waals surface area contributed by atoms with Gasteiger partial charge >= 0.3 is 0 Å². The van der Waals surface area contributed by atoms with Gasteiger partial charge in [-0.25, -0.2) is 0 Å². The molecule has 1 atom stereocenters. The fourth-order valence-corrected chi connectivity index (χ4v) is 3.39. The largest absolute Gasteiger partial charge is 0.350 e. The van der Waals surface area contributed by atoms with Gasteiger partial charge in [0.2, 0.25) is 0 Å². The second kappa shape index (κ2) is 4.63. The molecule has 1 N–H and O–H groups in total. The Kier molecular flexibility index (Phi) is 3.43. The van der Waals surface area contributed by atoms with E-state index in [0.717, 1.165) is 4.88 Å². The Hall–Kier alpha value is -0.390. The van der Waals surface area contributed by atoms with E-state index in [-0.39, 0.29) is 5.91 Å². The topological polar surface area (TPSA) is 29.1 Å². The van der Waals surface area contributed by atoms with Crippen molar-refractivity contribution < 1.29 is 4.79 Å². The van der Waals surface area contributed by atoms with Gasteiger partial charge in [-0.3, -0.25) is 4.79 Å². The first-order valence-electron chi connectivity index (χ1n) is 4.56. The molecule has 0 aromatic carbocycles. The molecule has 0 saturated carbocycles. The van der Waals surface area contributed by atoms with Crippen LogP contribution >= 0.6 is 38.6 Å². The Morgan fingerprint density at radius 3 is 3.07 bits per heavy atom. The zero-order valence-electron chi connectivity index (χ0n) is 8.12. The van der Waals surface area contributed by atoms with E-state index in [9.17, 15) is 4.79 Å². The summed E-state index contributed by atoms with van der Waals surface area (Å²) in [7, 11) is 0. The van der Waals surface area contributed by atoms with Crippen LogP contribution in [0.3, 0.4) is 0 Å². The van der Waals surface area contributed by atoms with Crippen LogP contribution in [0.25, 0.3) is 9.40 Å². The van der Waals surface area contributed by atoms with Crippen LogP contribution in [0.5, 0.6) is 0 Å². The molecular weight excluding hydrogens is 294 g/mol. The number of alkyl halides is 1. The van der Waals surface area contributed by atoms with Crippen molar-refractivity contribution in [1.82, 2.24) is 5.32 Å². The molecular formula is C10H10BrNOS2. The van der Waals surface area contributed by atoms with Crippen LogP contribution in [0.1, 0.15) is 16.6 Å². The first kappa shape index (κ1) is 11.1. The van der Waals surface area contributed by atoms with Gasteiger partial charge in [0.25, 0.3) is 5.91 Å². The van der Waals surface area contributed by atoms with Crippen LogP contribution in [-0.2, 0) is 0 Å². The van der Waals surface area contributed by atoms with Crippen LogP contribution < -0.4 is 5.32 Å². The van der Waals surface area contributed by atoms with Gasteiger partial charge in [-0.05, 0) is 17.5 Å². The molecule has 80 valence electrons. The molecule has 0 fully saturated rings. The summed E-state index contributed by atoms with van der Waals surface area (Å²) in [5.41, 5.74) is 0. The summed E-state index contributed by atoms with van der Waals surface area (Å²) in [4.78, 5) is 12.8. The maximum atomic E-state index is 11.7. The lowest BCUT2D eigenvalue weighted by Crippen LogP contribution is -2.27. The fraction of sp³-hybridized carbons (Fsp3) is 0.300. The van der Waals surface area contributed by atoms with E-state index in [2.05, 4.69) is 27.3 Å². The molecule has 2 heterocycles. The lowest BCUT2D eigenvalue weighted by Gasteiger charge is -2.04. The van der Waals surface area contributed by atoms with Crippen molar-refractivity contribution in [3.05, 3.63) is 22.4 Å². The molecule has 0 radical (unpaired) electrons. The molecule has 2 aromatic heterocycles. The number of thiophene rings is 2. The standard InChI is InChI=1S/C10H10BrNOS2/c1-6(11)5-12-10(13)9-4-8-7(15-9)2-3-14-8/h2-4,6H,5H2,1H3,(H,12,13). The monoisotopic (exact) mass is 303 g/mol. The second-order valence-corrected chi connectivity index (χ2v) is 6.85. The van der Waals surface area contributed by atoms with Gasteiger partial charge in [-0.1, -0.05) is 22.9 Å². The second-order valence-electron chi connectivity index (χ2n) is 3.25. The average molecular weight is 304 g/mol. The van der Waals surface area contributed by atoms with Gasteiger partial charge in [-0.15, -0.1) is 22.7 Å². The predicted molar refractivity (Wildman–Crippen MR) is 70.4 cm³/mol. The molecule has 5 heteroatoms. The molecule has 2 rings (SSSR count). The maximum Gasteiger partial charge on any atom is 0.261 e. The number of hydrogen-bond acceptors (Lipinski definition) is 3. The van der Waals surface area contributed by atoms with Gasteiger partial charge in [-0.2, -0.15) is 0 Å². The quantitative estimate of drug-likeness (QED) is 0.864. The molecule has 0 aliphatic rings. The number of carbonyl (C=O) groups excluding carboxylic acids is 1. The minimum atomic E-state index is 0.0229. The van der Waals surface area contributed by atoms with Gasteiger partial charge in [0.05, 0.1) is 4.88 Å². The molecule has 2 nitrogen and oxygen atoms in total. The predicted octanol–water partition coefficient (Wildman–Crippen LogP) is 3.48. The lowest BCUT2D eigenvalue weighted by atomic mass is 10.4. The third kappa shape index (κ3) is 2.59.